The molecule has 0 saturated carbocycles. The van der Waals surface area contributed by atoms with Crippen LogP contribution in [0, 0.1) is 10.1 Å². The normalized spacial score (nSPS) is 10.6. The van der Waals surface area contributed by atoms with Gasteiger partial charge in [-0.2, -0.15) is 0 Å². The minimum atomic E-state index is -2.93. The highest BCUT2D eigenvalue weighted by atomic mass is 19.3. The van der Waals surface area contributed by atoms with Crippen molar-refractivity contribution < 1.29 is 18.4 Å². The molecule has 0 spiro atoms. The van der Waals surface area contributed by atoms with Gasteiger partial charge in [-0.15, -0.1) is 0 Å². The lowest BCUT2D eigenvalue weighted by Gasteiger charge is -2.11. The van der Waals surface area contributed by atoms with Gasteiger partial charge >= 0.3 is 5.69 Å². The summed E-state index contributed by atoms with van der Waals surface area (Å²) in [7, 11) is 1.08. The number of alkyl halides is 2. The van der Waals surface area contributed by atoms with Gasteiger partial charge in [-0.1, -0.05) is 0 Å². The number of ether oxygens (including phenoxy) is 1. The van der Waals surface area contributed by atoms with Crippen LogP contribution in [-0.4, -0.2) is 17.0 Å². The molecule has 1 heterocycles. The molecule has 0 amide bonds. The topological polar surface area (TPSA) is 91.3 Å². The Labute approximate surface area is 89.2 Å². The molecule has 0 aliphatic carbocycles. The maximum Gasteiger partial charge on any atom is 0.329 e. The maximum atomic E-state index is 12.7. The average Bonchev–Trinajstić information content (AvgIpc) is 2.26. The summed E-state index contributed by atoms with van der Waals surface area (Å²) < 4.78 is 30.0. The van der Waals surface area contributed by atoms with Crippen LogP contribution in [0.4, 0.5) is 14.5 Å². The van der Waals surface area contributed by atoms with Gasteiger partial charge in [0, 0.05) is 6.54 Å². The quantitative estimate of drug-likeness (QED) is 0.626. The lowest BCUT2D eigenvalue weighted by molar-refractivity contribution is -0.386. The van der Waals surface area contributed by atoms with E-state index in [9.17, 15) is 18.9 Å². The highest BCUT2D eigenvalue weighted by Crippen LogP contribution is 2.37. The van der Waals surface area contributed by atoms with Gasteiger partial charge < -0.3 is 10.5 Å². The molecule has 0 aliphatic rings. The van der Waals surface area contributed by atoms with Crippen LogP contribution in [0.25, 0.3) is 0 Å². The standard InChI is InChI=1S/C8H9F2N3O3/c1-16-7-5(13(14)15)3-12-4(2-11)6(7)8(9)10/h3,8H,2,11H2,1H3. The van der Waals surface area contributed by atoms with Crippen molar-refractivity contribution in [3.05, 3.63) is 27.6 Å². The van der Waals surface area contributed by atoms with Crippen molar-refractivity contribution in [3.8, 4) is 5.75 Å². The summed E-state index contributed by atoms with van der Waals surface area (Å²) in [5, 5.41) is 10.6. The minimum Gasteiger partial charge on any atom is -0.490 e. The van der Waals surface area contributed by atoms with Gasteiger partial charge in [-0.3, -0.25) is 15.1 Å². The molecule has 0 unspecified atom stereocenters. The summed E-state index contributed by atoms with van der Waals surface area (Å²) >= 11 is 0. The first-order valence-electron chi connectivity index (χ1n) is 4.21. The van der Waals surface area contributed by atoms with Crippen molar-refractivity contribution in [1.29, 1.82) is 0 Å². The van der Waals surface area contributed by atoms with Crippen LogP contribution in [0.5, 0.6) is 5.75 Å². The lowest BCUT2D eigenvalue weighted by atomic mass is 10.1. The van der Waals surface area contributed by atoms with Crippen LogP contribution >= 0.6 is 0 Å². The van der Waals surface area contributed by atoms with Crippen LogP contribution in [0.2, 0.25) is 0 Å². The molecule has 0 bridgehead atoms. The minimum absolute atomic E-state index is 0.113. The van der Waals surface area contributed by atoms with E-state index in [0.29, 0.717) is 0 Å². The molecule has 1 aromatic rings. The van der Waals surface area contributed by atoms with E-state index in [1.54, 1.807) is 0 Å². The van der Waals surface area contributed by atoms with E-state index in [1.807, 2.05) is 0 Å². The van der Waals surface area contributed by atoms with E-state index >= 15 is 0 Å². The first-order chi connectivity index (χ1) is 7.52. The van der Waals surface area contributed by atoms with E-state index in [0.717, 1.165) is 13.3 Å². The predicted molar refractivity (Wildman–Crippen MR) is 50.3 cm³/mol. The molecule has 0 aliphatic heterocycles. The molecule has 16 heavy (non-hydrogen) atoms. The molecule has 0 atom stereocenters. The SMILES string of the molecule is COc1c([N+](=O)[O-])cnc(CN)c1C(F)F. The zero-order valence-corrected chi connectivity index (χ0v) is 8.31. The van der Waals surface area contributed by atoms with Crippen LogP contribution in [-0.2, 0) is 6.54 Å². The molecule has 88 valence electrons. The second-order valence-corrected chi connectivity index (χ2v) is 2.80. The Bertz CT molecular complexity index is 412. The van der Waals surface area contributed by atoms with Crippen LogP contribution in [0.15, 0.2) is 6.20 Å². The Balaban J connectivity index is 3.49. The Kier molecular flexibility index (Phi) is 3.67. The van der Waals surface area contributed by atoms with Gasteiger partial charge in [0.15, 0.2) is 0 Å². The summed E-state index contributed by atoms with van der Waals surface area (Å²) in [6, 6.07) is 0. The molecule has 1 aromatic heterocycles. The zero-order chi connectivity index (χ0) is 12.3. The van der Waals surface area contributed by atoms with Crippen LogP contribution in [0.3, 0.4) is 0 Å². The van der Waals surface area contributed by atoms with Crippen molar-refractivity contribution in [2.45, 2.75) is 13.0 Å². The monoisotopic (exact) mass is 233 g/mol. The molecule has 2 N–H and O–H groups in total. The molecule has 0 saturated heterocycles. The second-order valence-electron chi connectivity index (χ2n) is 2.80. The number of nitrogens with zero attached hydrogens (tertiary/aromatic N) is 2. The summed E-state index contributed by atoms with van der Waals surface area (Å²) in [6.07, 6.45) is -2.08. The predicted octanol–water partition coefficient (Wildman–Crippen LogP) is 1.39. The van der Waals surface area contributed by atoms with E-state index in [2.05, 4.69) is 9.72 Å². The summed E-state index contributed by atoms with van der Waals surface area (Å²) in [6.45, 7) is -0.242. The number of halogens is 2. The van der Waals surface area contributed by atoms with E-state index < -0.39 is 28.3 Å². The van der Waals surface area contributed by atoms with Crippen molar-refractivity contribution >= 4 is 5.69 Å². The Morgan fingerprint density at radius 2 is 2.31 bits per heavy atom. The van der Waals surface area contributed by atoms with Crippen molar-refractivity contribution in [2.75, 3.05) is 7.11 Å². The number of hydrogen-bond acceptors (Lipinski definition) is 5. The number of pyridine rings is 1. The lowest BCUT2D eigenvalue weighted by Crippen LogP contribution is -2.09. The van der Waals surface area contributed by atoms with Gasteiger partial charge in [0.25, 0.3) is 6.43 Å². The van der Waals surface area contributed by atoms with Gasteiger partial charge in [0.2, 0.25) is 5.75 Å². The molecule has 1 rings (SSSR count). The fourth-order valence-electron chi connectivity index (χ4n) is 1.27. The highest BCUT2D eigenvalue weighted by Gasteiger charge is 2.27. The van der Waals surface area contributed by atoms with Crippen LogP contribution < -0.4 is 10.5 Å². The Hall–Kier alpha value is -1.83. The first kappa shape index (κ1) is 12.2. The van der Waals surface area contributed by atoms with E-state index in [4.69, 9.17) is 5.73 Å². The average molecular weight is 233 g/mol. The van der Waals surface area contributed by atoms with Crippen molar-refractivity contribution in [3.63, 3.8) is 0 Å². The number of methoxy groups -OCH3 is 1. The maximum absolute atomic E-state index is 12.7. The van der Waals surface area contributed by atoms with Crippen molar-refractivity contribution in [1.82, 2.24) is 4.98 Å². The molecule has 0 fully saturated rings. The molecular formula is C8H9F2N3O3. The third-order valence-electron chi connectivity index (χ3n) is 1.94. The van der Waals surface area contributed by atoms with Gasteiger partial charge in [-0.25, -0.2) is 8.78 Å². The summed E-state index contributed by atoms with van der Waals surface area (Å²) in [4.78, 5) is 13.3. The zero-order valence-electron chi connectivity index (χ0n) is 8.31. The molecular weight excluding hydrogens is 224 g/mol. The molecule has 6 nitrogen and oxygen atoms in total. The summed E-state index contributed by atoms with van der Waals surface area (Å²) in [5.41, 5.74) is 3.88. The number of aromatic nitrogens is 1. The number of rotatable bonds is 4. The second kappa shape index (κ2) is 4.79. The molecule has 8 heteroatoms. The Morgan fingerprint density at radius 1 is 1.69 bits per heavy atom. The smallest absolute Gasteiger partial charge is 0.329 e. The van der Waals surface area contributed by atoms with E-state index in [1.165, 1.54) is 0 Å². The third-order valence-corrected chi connectivity index (χ3v) is 1.94. The first-order valence-corrected chi connectivity index (χ1v) is 4.21. The number of nitro groups is 1. The fraction of sp³-hybridized carbons (Fsp3) is 0.375. The van der Waals surface area contributed by atoms with Gasteiger partial charge in [0.1, 0.15) is 6.20 Å². The van der Waals surface area contributed by atoms with Crippen LogP contribution in [0.1, 0.15) is 17.7 Å². The van der Waals surface area contributed by atoms with Gasteiger partial charge in [0.05, 0.1) is 23.3 Å². The molecule has 0 aromatic carbocycles. The van der Waals surface area contributed by atoms with E-state index in [-0.39, 0.29) is 12.2 Å². The largest absolute Gasteiger partial charge is 0.490 e. The highest BCUT2D eigenvalue weighted by molar-refractivity contribution is 5.52. The van der Waals surface area contributed by atoms with Gasteiger partial charge in [-0.05, 0) is 0 Å². The number of nitrogens with two attached hydrogens (primary N) is 1. The number of hydrogen-bond donors (Lipinski definition) is 1. The summed E-state index contributed by atoms with van der Waals surface area (Å²) in [5.74, 6) is -0.490. The molecule has 0 radical (unpaired) electrons. The van der Waals surface area contributed by atoms with Crippen molar-refractivity contribution in [2.24, 2.45) is 5.73 Å². The fourth-order valence-corrected chi connectivity index (χ4v) is 1.27. The Morgan fingerprint density at radius 3 is 2.69 bits per heavy atom. The third kappa shape index (κ3) is 2.06.